The lowest BCUT2D eigenvalue weighted by molar-refractivity contribution is -0.0369. The van der Waals surface area contributed by atoms with Crippen LogP contribution in [0.15, 0.2) is 18.2 Å². The normalized spacial score (nSPS) is 24.2. The molecule has 0 bridgehead atoms. The van der Waals surface area contributed by atoms with E-state index in [4.69, 9.17) is 4.74 Å². The van der Waals surface area contributed by atoms with Crippen molar-refractivity contribution in [3.8, 4) is 5.75 Å². The van der Waals surface area contributed by atoms with Crippen molar-refractivity contribution in [2.75, 3.05) is 6.54 Å². The summed E-state index contributed by atoms with van der Waals surface area (Å²) >= 11 is 0. The summed E-state index contributed by atoms with van der Waals surface area (Å²) in [6.45, 7) is 3.12. The lowest BCUT2D eigenvalue weighted by atomic mass is 9.73. The van der Waals surface area contributed by atoms with Gasteiger partial charge in [-0.2, -0.15) is 0 Å². The third-order valence-corrected chi connectivity index (χ3v) is 4.16. The number of fused-ring (bicyclic) bond motifs is 1. The summed E-state index contributed by atoms with van der Waals surface area (Å²) in [6.07, 6.45) is 5.58. The zero-order chi connectivity index (χ0) is 12.6. The van der Waals surface area contributed by atoms with Crippen LogP contribution in [0.4, 0.5) is 4.39 Å². The van der Waals surface area contributed by atoms with E-state index in [1.807, 2.05) is 0 Å². The third kappa shape index (κ3) is 2.01. The largest absolute Gasteiger partial charge is 0.487 e. The van der Waals surface area contributed by atoms with Crippen LogP contribution < -0.4 is 10.1 Å². The molecule has 0 saturated heterocycles. The molecule has 1 aromatic carbocycles. The fourth-order valence-electron chi connectivity index (χ4n) is 3.02. The van der Waals surface area contributed by atoms with E-state index in [-0.39, 0.29) is 17.5 Å². The molecule has 18 heavy (non-hydrogen) atoms. The summed E-state index contributed by atoms with van der Waals surface area (Å²) < 4.78 is 19.5. The molecule has 1 N–H and O–H groups in total. The molecular weight excluding hydrogens is 229 g/mol. The van der Waals surface area contributed by atoms with Gasteiger partial charge in [0.05, 0.1) is 0 Å². The Labute approximate surface area is 108 Å². The molecule has 1 atom stereocenters. The molecule has 0 amide bonds. The summed E-state index contributed by atoms with van der Waals surface area (Å²) in [5, 5.41) is 3.53. The number of benzene rings is 1. The monoisotopic (exact) mass is 249 g/mol. The molecule has 0 radical (unpaired) electrons. The second-order valence-corrected chi connectivity index (χ2v) is 5.53. The Balaban J connectivity index is 1.90. The molecule has 3 rings (SSSR count). The fourth-order valence-corrected chi connectivity index (χ4v) is 3.02. The molecule has 1 heterocycles. The molecule has 1 saturated carbocycles. The Morgan fingerprint density at radius 3 is 2.94 bits per heavy atom. The lowest BCUT2D eigenvalue weighted by Crippen LogP contribution is -2.49. The second kappa shape index (κ2) is 4.54. The molecular formula is C15H20FNO. The SMILES string of the molecule is CCCNC1CC2(CCC2)Oc2ccc(F)cc21. The van der Waals surface area contributed by atoms with Crippen LogP contribution in [0.1, 0.15) is 50.6 Å². The van der Waals surface area contributed by atoms with E-state index in [0.717, 1.165) is 43.5 Å². The van der Waals surface area contributed by atoms with Crippen LogP contribution in [0.2, 0.25) is 0 Å². The van der Waals surface area contributed by atoms with E-state index < -0.39 is 0 Å². The maximum Gasteiger partial charge on any atom is 0.125 e. The number of halogens is 1. The second-order valence-electron chi connectivity index (χ2n) is 5.53. The van der Waals surface area contributed by atoms with Gasteiger partial charge in [-0.25, -0.2) is 4.39 Å². The molecule has 0 aromatic heterocycles. The minimum absolute atomic E-state index is 0.0240. The van der Waals surface area contributed by atoms with E-state index in [2.05, 4.69) is 12.2 Å². The van der Waals surface area contributed by atoms with Gasteiger partial charge in [0.1, 0.15) is 17.2 Å². The van der Waals surface area contributed by atoms with Gasteiger partial charge in [0.15, 0.2) is 0 Å². The summed E-state index contributed by atoms with van der Waals surface area (Å²) in [7, 11) is 0. The van der Waals surface area contributed by atoms with E-state index in [1.54, 1.807) is 12.1 Å². The van der Waals surface area contributed by atoms with Gasteiger partial charge in [-0.1, -0.05) is 6.92 Å². The lowest BCUT2D eigenvalue weighted by Gasteiger charge is -2.48. The highest BCUT2D eigenvalue weighted by atomic mass is 19.1. The highest BCUT2D eigenvalue weighted by Crippen LogP contribution is 2.48. The Morgan fingerprint density at radius 1 is 1.44 bits per heavy atom. The van der Waals surface area contributed by atoms with Crippen LogP contribution in [-0.2, 0) is 0 Å². The van der Waals surface area contributed by atoms with Gasteiger partial charge >= 0.3 is 0 Å². The van der Waals surface area contributed by atoms with E-state index >= 15 is 0 Å². The number of nitrogens with one attached hydrogen (secondary N) is 1. The van der Waals surface area contributed by atoms with Crippen molar-refractivity contribution in [2.45, 2.75) is 50.7 Å². The number of ether oxygens (including phenoxy) is 1. The first-order valence-corrected chi connectivity index (χ1v) is 6.94. The van der Waals surface area contributed by atoms with Gasteiger partial charge in [-0.3, -0.25) is 0 Å². The minimum atomic E-state index is -0.176. The average molecular weight is 249 g/mol. The Kier molecular flexibility index (Phi) is 3.02. The maximum atomic E-state index is 13.4. The Morgan fingerprint density at radius 2 is 2.28 bits per heavy atom. The fraction of sp³-hybridized carbons (Fsp3) is 0.600. The quantitative estimate of drug-likeness (QED) is 0.884. The molecule has 1 unspecified atom stereocenters. The number of hydrogen-bond acceptors (Lipinski definition) is 2. The van der Waals surface area contributed by atoms with Gasteiger partial charge in [0.25, 0.3) is 0 Å². The first-order chi connectivity index (χ1) is 8.72. The Hall–Kier alpha value is -1.09. The predicted octanol–water partition coefficient (Wildman–Crippen LogP) is 3.57. The molecule has 1 aromatic rings. The zero-order valence-corrected chi connectivity index (χ0v) is 10.8. The summed E-state index contributed by atoms with van der Waals surface area (Å²) in [5.41, 5.74) is 1.01. The van der Waals surface area contributed by atoms with Crippen molar-refractivity contribution in [1.29, 1.82) is 0 Å². The molecule has 98 valence electrons. The van der Waals surface area contributed by atoms with Gasteiger partial charge in [0.2, 0.25) is 0 Å². The molecule has 1 aliphatic heterocycles. The van der Waals surface area contributed by atoms with Crippen LogP contribution in [-0.4, -0.2) is 12.1 Å². The van der Waals surface area contributed by atoms with Crippen LogP contribution in [0.3, 0.4) is 0 Å². The van der Waals surface area contributed by atoms with E-state index in [1.165, 1.54) is 12.5 Å². The van der Waals surface area contributed by atoms with E-state index in [9.17, 15) is 4.39 Å². The third-order valence-electron chi connectivity index (χ3n) is 4.16. The van der Waals surface area contributed by atoms with Crippen molar-refractivity contribution < 1.29 is 9.13 Å². The topological polar surface area (TPSA) is 21.3 Å². The number of rotatable bonds is 3. The van der Waals surface area contributed by atoms with Crippen LogP contribution >= 0.6 is 0 Å². The van der Waals surface area contributed by atoms with Crippen molar-refractivity contribution in [3.05, 3.63) is 29.6 Å². The smallest absolute Gasteiger partial charge is 0.125 e. The van der Waals surface area contributed by atoms with Crippen molar-refractivity contribution in [2.24, 2.45) is 0 Å². The number of hydrogen-bond donors (Lipinski definition) is 1. The van der Waals surface area contributed by atoms with Gasteiger partial charge < -0.3 is 10.1 Å². The van der Waals surface area contributed by atoms with Crippen molar-refractivity contribution >= 4 is 0 Å². The van der Waals surface area contributed by atoms with Gasteiger partial charge in [0, 0.05) is 18.0 Å². The maximum absolute atomic E-state index is 13.4. The standard InChI is InChI=1S/C15H20FNO/c1-2-8-17-13-10-15(6-3-7-15)18-14-5-4-11(16)9-12(13)14/h4-5,9,13,17H,2-3,6-8,10H2,1H3. The summed E-state index contributed by atoms with van der Waals surface area (Å²) in [4.78, 5) is 0. The van der Waals surface area contributed by atoms with Crippen molar-refractivity contribution in [1.82, 2.24) is 5.32 Å². The highest BCUT2D eigenvalue weighted by Gasteiger charge is 2.45. The summed E-state index contributed by atoms with van der Waals surface area (Å²) in [6, 6.07) is 5.14. The molecule has 1 fully saturated rings. The highest BCUT2D eigenvalue weighted by molar-refractivity contribution is 5.40. The first kappa shape index (κ1) is 12.0. The Bertz CT molecular complexity index is 442. The molecule has 2 nitrogen and oxygen atoms in total. The van der Waals surface area contributed by atoms with Crippen molar-refractivity contribution in [3.63, 3.8) is 0 Å². The van der Waals surface area contributed by atoms with Crippen LogP contribution in [0.5, 0.6) is 5.75 Å². The van der Waals surface area contributed by atoms with Gasteiger partial charge in [-0.15, -0.1) is 0 Å². The van der Waals surface area contributed by atoms with Crippen LogP contribution in [0, 0.1) is 5.82 Å². The first-order valence-electron chi connectivity index (χ1n) is 6.94. The predicted molar refractivity (Wildman–Crippen MR) is 69.3 cm³/mol. The zero-order valence-electron chi connectivity index (χ0n) is 10.8. The summed E-state index contributed by atoms with van der Waals surface area (Å²) in [5.74, 6) is 0.696. The minimum Gasteiger partial charge on any atom is -0.487 e. The molecule has 3 heteroatoms. The molecule has 1 spiro atoms. The average Bonchev–Trinajstić information content (AvgIpc) is 2.34. The van der Waals surface area contributed by atoms with Gasteiger partial charge in [-0.05, 0) is 50.4 Å². The van der Waals surface area contributed by atoms with E-state index in [0.29, 0.717) is 0 Å². The molecule has 1 aliphatic carbocycles. The van der Waals surface area contributed by atoms with Crippen LogP contribution in [0.25, 0.3) is 0 Å². The molecule has 2 aliphatic rings.